The summed E-state index contributed by atoms with van der Waals surface area (Å²) in [6, 6.07) is 0. The number of hydrogen-bond donors (Lipinski definition) is 4. The third-order valence-electron chi connectivity index (χ3n) is 2.80. The lowest BCUT2D eigenvalue weighted by molar-refractivity contribution is -0.196. The molecule has 23 heavy (non-hydrogen) atoms. The van der Waals surface area contributed by atoms with Gasteiger partial charge in [-0.2, -0.15) is 0 Å². The van der Waals surface area contributed by atoms with Crippen LogP contribution in [0.4, 0.5) is 0 Å². The number of rotatable bonds is 16. The van der Waals surface area contributed by atoms with Gasteiger partial charge in [-0.3, -0.25) is 0 Å². The Balaban J connectivity index is 4.24. The molecule has 9 heteroatoms. The Hall–Kier alpha value is -0.360. The van der Waals surface area contributed by atoms with Gasteiger partial charge in [0.05, 0.1) is 26.4 Å². The molecule has 0 bridgehead atoms. The first-order chi connectivity index (χ1) is 11.1. The van der Waals surface area contributed by atoms with E-state index in [2.05, 4.69) is 0 Å². The van der Waals surface area contributed by atoms with Crippen molar-refractivity contribution in [1.29, 1.82) is 0 Å². The normalized spacial score (nSPS) is 17.0. The van der Waals surface area contributed by atoms with Gasteiger partial charge in [-0.1, -0.05) is 13.8 Å². The van der Waals surface area contributed by atoms with Crippen LogP contribution in [0.3, 0.4) is 0 Å². The smallest absolute Gasteiger partial charge is 0.154 e. The maximum Gasteiger partial charge on any atom is 0.154 e. The minimum absolute atomic E-state index is 0.0593. The maximum absolute atomic E-state index is 9.50. The van der Waals surface area contributed by atoms with Crippen LogP contribution in [-0.4, -0.2) is 85.2 Å². The molecule has 4 N–H and O–H groups in total. The van der Waals surface area contributed by atoms with E-state index in [4.69, 9.17) is 33.9 Å². The van der Waals surface area contributed by atoms with Gasteiger partial charge in [0.2, 0.25) is 0 Å². The van der Waals surface area contributed by atoms with Crippen molar-refractivity contribution in [3.63, 3.8) is 0 Å². The lowest BCUT2D eigenvalue weighted by Gasteiger charge is -2.23. The molecular weight excluding hydrogens is 312 g/mol. The molecule has 0 heterocycles. The number of ether oxygens (including phenoxy) is 5. The Morgan fingerprint density at radius 1 is 0.652 bits per heavy atom. The molecule has 0 aliphatic rings. The fourth-order valence-electron chi connectivity index (χ4n) is 1.59. The van der Waals surface area contributed by atoms with Crippen LogP contribution in [0.5, 0.6) is 0 Å². The van der Waals surface area contributed by atoms with Crippen LogP contribution in [-0.2, 0) is 23.7 Å². The summed E-state index contributed by atoms with van der Waals surface area (Å²) in [6.07, 6.45) is -2.20. The fraction of sp³-hybridized carbons (Fsp3) is 1.00. The average Bonchev–Trinajstić information content (AvgIpc) is 2.56. The Kier molecular flexibility index (Phi) is 14.9. The second-order valence-electron chi connectivity index (χ2n) is 4.78. The van der Waals surface area contributed by atoms with Crippen LogP contribution in [0.25, 0.3) is 0 Å². The summed E-state index contributed by atoms with van der Waals surface area (Å²) in [4.78, 5) is 0. The van der Waals surface area contributed by atoms with E-state index in [0.717, 1.165) is 0 Å². The monoisotopic (exact) mass is 342 g/mol. The van der Waals surface area contributed by atoms with Crippen LogP contribution < -0.4 is 0 Å². The zero-order valence-corrected chi connectivity index (χ0v) is 13.8. The fourth-order valence-corrected chi connectivity index (χ4v) is 1.59. The van der Waals surface area contributed by atoms with Crippen molar-refractivity contribution in [2.75, 3.05) is 40.0 Å². The van der Waals surface area contributed by atoms with Gasteiger partial charge < -0.3 is 44.1 Å². The minimum atomic E-state index is -0.947. The van der Waals surface area contributed by atoms with E-state index in [1.165, 1.54) is 0 Å². The highest BCUT2D eigenvalue weighted by Crippen LogP contribution is 2.05. The molecule has 0 aliphatic heterocycles. The number of aliphatic hydroxyl groups is 4. The van der Waals surface area contributed by atoms with E-state index in [1.54, 1.807) is 13.8 Å². The van der Waals surface area contributed by atoms with Crippen LogP contribution in [0.1, 0.15) is 26.7 Å². The van der Waals surface area contributed by atoms with Gasteiger partial charge in [0.25, 0.3) is 0 Å². The Bertz CT molecular complexity index is 230. The summed E-state index contributed by atoms with van der Waals surface area (Å²) in [5.41, 5.74) is 0. The maximum atomic E-state index is 9.50. The standard InChI is InChI=1S/C14H30O9/c1-3-13(17)22-11(7-20-9-15)5-19-6-12(8-21-10-16)23-14(18)4-2/h11-18H,3-10H2,1-2H3. The van der Waals surface area contributed by atoms with Crippen molar-refractivity contribution in [3.05, 3.63) is 0 Å². The van der Waals surface area contributed by atoms with Crippen molar-refractivity contribution in [3.8, 4) is 0 Å². The van der Waals surface area contributed by atoms with Gasteiger partial charge in [-0.15, -0.1) is 0 Å². The number of aliphatic hydroxyl groups excluding tert-OH is 4. The third-order valence-corrected chi connectivity index (χ3v) is 2.80. The van der Waals surface area contributed by atoms with Gasteiger partial charge in [-0.25, -0.2) is 0 Å². The summed E-state index contributed by atoms with van der Waals surface area (Å²) >= 11 is 0. The van der Waals surface area contributed by atoms with Crippen LogP contribution >= 0.6 is 0 Å². The van der Waals surface area contributed by atoms with Crippen molar-refractivity contribution in [2.45, 2.75) is 51.5 Å². The van der Waals surface area contributed by atoms with E-state index in [0.29, 0.717) is 12.8 Å². The molecule has 9 nitrogen and oxygen atoms in total. The summed E-state index contributed by atoms with van der Waals surface area (Å²) in [6.45, 7) is 2.92. The van der Waals surface area contributed by atoms with Crippen molar-refractivity contribution < 1.29 is 44.1 Å². The predicted octanol–water partition coefficient (Wildman–Crippen LogP) is -0.837. The molecule has 0 saturated heterocycles. The first kappa shape index (κ1) is 22.6. The second kappa shape index (κ2) is 15.2. The van der Waals surface area contributed by atoms with Crippen LogP contribution in [0.2, 0.25) is 0 Å². The topological polar surface area (TPSA) is 127 Å². The summed E-state index contributed by atoms with van der Waals surface area (Å²) in [5, 5.41) is 36.4. The first-order valence-corrected chi connectivity index (χ1v) is 7.69. The molecular formula is C14H30O9. The molecule has 0 spiro atoms. The third kappa shape index (κ3) is 12.7. The van der Waals surface area contributed by atoms with Crippen LogP contribution in [0.15, 0.2) is 0 Å². The second-order valence-corrected chi connectivity index (χ2v) is 4.78. The molecule has 0 aromatic rings. The summed E-state index contributed by atoms with van der Waals surface area (Å²) in [7, 11) is 0. The van der Waals surface area contributed by atoms with E-state index in [-0.39, 0.29) is 26.4 Å². The van der Waals surface area contributed by atoms with Gasteiger partial charge in [0, 0.05) is 0 Å². The van der Waals surface area contributed by atoms with E-state index >= 15 is 0 Å². The van der Waals surface area contributed by atoms with Gasteiger partial charge in [0.1, 0.15) is 25.8 Å². The molecule has 4 atom stereocenters. The molecule has 0 aromatic heterocycles. The summed E-state index contributed by atoms with van der Waals surface area (Å²) in [5.74, 6) is 0. The van der Waals surface area contributed by atoms with Gasteiger partial charge >= 0.3 is 0 Å². The highest BCUT2D eigenvalue weighted by atomic mass is 16.7. The van der Waals surface area contributed by atoms with Crippen LogP contribution in [0, 0.1) is 0 Å². The lowest BCUT2D eigenvalue weighted by Crippen LogP contribution is -2.34. The molecule has 140 valence electrons. The van der Waals surface area contributed by atoms with Gasteiger partial charge in [-0.05, 0) is 12.8 Å². The Labute approximate surface area is 136 Å². The minimum Gasteiger partial charge on any atom is -0.376 e. The quantitative estimate of drug-likeness (QED) is 0.266. The molecule has 0 radical (unpaired) electrons. The molecule has 0 rings (SSSR count). The first-order valence-electron chi connectivity index (χ1n) is 7.69. The average molecular weight is 342 g/mol. The van der Waals surface area contributed by atoms with E-state index in [1.807, 2.05) is 0 Å². The Morgan fingerprint density at radius 2 is 1.00 bits per heavy atom. The predicted molar refractivity (Wildman–Crippen MR) is 79.2 cm³/mol. The van der Waals surface area contributed by atoms with Gasteiger partial charge in [0.15, 0.2) is 12.6 Å². The van der Waals surface area contributed by atoms with E-state index in [9.17, 15) is 10.2 Å². The molecule has 0 aliphatic carbocycles. The highest BCUT2D eigenvalue weighted by molar-refractivity contribution is 4.60. The molecule has 0 aromatic carbocycles. The highest BCUT2D eigenvalue weighted by Gasteiger charge is 2.18. The van der Waals surface area contributed by atoms with Crippen molar-refractivity contribution in [2.24, 2.45) is 0 Å². The number of hydrogen-bond acceptors (Lipinski definition) is 9. The zero-order chi connectivity index (χ0) is 17.5. The zero-order valence-electron chi connectivity index (χ0n) is 13.8. The van der Waals surface area contributed by atoms with Crippen molar-refractivity contribution >= 4 is 0 Å². The summed E-state index contributed by atoms with van der Waals surface area (Å²) < 4.78 is 25.8. The molecule has 0 fully saturated rings. The van der Waals surface area contributed by atoms with E-state index < -0.39 is 38.4 Å². The largest absolute Gasteiger partial charge is 0.376 e. The molecule has 0 amide bonds. The molecule has 0 saturated carbocycles. The molecule has 4 unspecified atom stereocenters. The Morgan fingerprint density at radius 3 is 1.30 bits per heavy atom. The SMILES string of the molecule is CCC(O)OC(COCO)COCC(COCO)OC(O)CC. The lowest BCUT2D eigenvalue weighted by atomic mass is 10.3. The van der Waals surface area contributed by atoms with Crippen molar-refractivity contribution in [1.82, 2.24) is 0 Å².